The first-order chi connectivity index (χ1) is 9.67. The van der Waals surface area contributed by atoms with Crippen molar-refractivity contribution < 1.29 is 4.92 Å². The second-order valence-electron chi connectivity index (χ2n) is 4.88. The highest BCUT2D eigenvalue weighted by Gasteiger charge is 2.20. The lowest BCUT2D eigenvalue weighted by Crippen LogP contribution is -2.27. The predicted molar refractivity (Wildman–Crippen MR) is 79.9 cm³/mol. The Morgan fingerprint density at radius 3 is 2.85 bits per heavy atom. The average Bonchev–Trinajstić information content (AvgIpc) is 2.46. The Labute approximate surface area is 118 Å². The lowest BCUT2D eigenvalue weighted by Gasteiger charge is -2.15. The number of hydrogen-bond acceptors (Lipinski definition) is 4. The van der Waals surface area contributed by atoms with Gasteiger partial charge in [-0.15, -0.1) is 0 Å². The van der Waals surface area contributed by atoms with E-state index in [4.69, 9.17) is 0 Å². The van der Waals surface area contributed by atoms with E-state index >= 15 is 0 Å². The molecule has 1 heterocycles. The van der Waals surface area contributed by atoms with Gasteiger partial charge in [0.2, 0.25) is 0 Å². The summed E-state index contributed by atoms with van der Waals surface area (Å²) < 4.78 is 0. The molecule has 1 atom stereocenters. The molecule has 2 aromatic rings. The van der Waals surface area contributed by atoms with Crippen LogP contribution in [0.1, 0.15) is 25.3 Å². The molecule has 0 spiro atoms. The number of nitrogens with one attached hydrogen (secondary N) is 1. The third-order valence-corrected chi connectivity index (χ3v) is 3.53. The zero-order valence-corrected chi connectivity index (χ0v) is 11.8. The molecule has 5 nitrogen and oxygen atoms in total. The quantitative estimate of drug-likeness (QED) is 0.648. The predicted octanol–water partition coefficient (Wildman–Crippen LogP) is 3.07. The number of hydrogen-bond donors (Lipinski definition) is 1. The van der Waals surface area contributed by atoms with Gasteiger partial charge in [0.05, 0.1) is 15.8 Å². The van der Waals surface area contributed by atoms with Crippen LogP contribution in [0.15, 0.2) is 30.5 Å². The van der Waals surface area contributed by atoms with Gasteiger partial charge in [0, 0.05) is 17.8 Å². The van der Waals surface area contributed by atoms with Crippen molar-refractivity contribution in [1.82, 2.24) is 10.3 Å². The van der Waals surface area contributed by atoms with Crippen molar-refractivity contribution in [3.05, 3.63) is 46.1 Å². The summed E-state index contributed by atoms with van der Waals surface area (Å²) in [4.78, 5) is 15.3. The van der Waals surface area contributed by atoms with Crippen LogP contribution in [0.5, 0.6) is 0 Å². The van der Waals surface area contributed by atoms with Gasteiger partial charge in [-0.3, -0.25) is 15.1 Å². The van der Waals surface area contributed by atoms with Gasteiger partial charge in [-0.25, -0.2) is 0 Å². The number of nitro benzene ring substituents is 1. The molecule has 0 saturated carbocycles. The van der Waals surface area contributed by atoms with Crippen LogP contribution in [0.2, 0.25) is 0 Å². The molecular weight excluding hydrogens is 254 g/mol. The average molecular weight is 273 g/mol. The smallest absolute Gasteiger partial charge is 0.281 e. The molecule has 0 bridgehead atoms. The molecule has 0 saturated heterocycles. The zero-order valence-electron chi connectivity index (χ0n) is 11.8. The summed E-state index contributed by atoms with van der Waals surface area (Å²) in [7, 11) is 1.90. The van der Waals surface area contributed by atoms with Gasteiger partial charge < -0.3 is 5.32 Å². The standard InChI is InChI=1S/C15H19N3O2/c1-3-5-12(16-2)10-11-7-8-14-13(6-4-9-17-14)15(11)18(19)20/h4,6-9,12,16H,3,5,10H2,1-2H3. The fourth-order valence-corrected chi connectivity index (χ4v) is 2.52. The van der Waals surface area contributed by atoms with Crippen molar-refractivity contribution in [2.75, 3.05) is 7.05 Å². The molecule has 0 aliphatic rings. The maximum atomic E-state index is 11.4. The minimum absolute atomic E-state index is 0.187. The van der Waals surface area contributed by atoms with Crippen molar-refractivity contribution in [1.29, 1.82) is 0 Å². The number of pyridine rings is 1. The molecule has 1 unspecified atom stereocenters. The van der Waals surface area contributed by atoms with E-state index in [0.29, 0.717) is 17.3 Å². The number of rotatable bonds is 6. The number of nitro groups is 1. The van der Waals surface area contributed by atoms with Crippen molar-refractivity contribution >= 4 is 16.6 Å². The molecule has 106 valence electrons. The normalized spacial score (nSPS) is 12.5. The van der Waals surface area contributed by atoms with Crippen molar-refractivity contribution in [2.24, 2.45) is 0 Å². The minimum Gasteiger partial charge on any atom is -0.317 e. The highest BCUT2D eigenvalue weighted by molar-refractivity contribution is 5.89. The van der Waals surface area contributed by atoms with Gasteiger partial charge >= 0.3 is 0 Å². The SMILES string of the molecule is CCCC(Cc1ccc2ncccc2c1[N+](=O)[O-])NC. The van der Waals surface area contributed by atoms with E-state index in [1.807, 2.05) is 19.2 Å². The lowest BCUT2D eigenvalue weighted by atomic mass is 9.98. The molecule has 2 rings (SSSR count). The molecule has 0 radical (unpaired) electrons. The van der Waals surface area contributed by atoms with Crippen LogP contribution in [0, 0.1) is 10.1 Å². The summed E-state index contributed by atoms with van der Waals surface area (Å²) in [5.41, 5.74) is 1.62. The van der Waals surface area contributed by atoms with Crippen LogP contribution < -0.4 is 5.32 Å². The molecule has 0 aliphatic heterocycles. The van der Waals surface area contributed by atoms with Crippen LogP contribution in [0.4, 0.5) is 5.69 Å². The van der Waals surface area contributed by atoms with E-state index < -0.39 is 0 Å². The summed E-state index contributed by atoms with van der Waals surface area (Å²) in [5.74, 6) is 0. The summed E-state index contributed by atoms with van der Waals surface area (Å²) in [5, 5.41) is 15.3. The lowest BCUT2D eigenvalue weighted by molar-refractivity contribution is -0.383. The highest BCUT2D eigenvalue weighted by Crippen LogP contribution is 2.29. The molecule has 20 heavy (non-hydrogen) atoms. The summed E-state index contributed by atoms with van der Waals surface area (Å²) in [6.07, 6.45) is 4.36. The highest BCUT2D eigenvalue weighted by atomic mass is 16.6. The molecule has 0 fully saturated rings. The van der Waals surface area contributed by atoms with Crippen molar-refractivity contribution in [2.45, 2.75) is 32.2 Å². The fraction of sp³-hybridized carbons (Fsp3) is 0.400. The Morgan fingerprint density at radius 1 is 1.40 bits per heavy atom. The van der Waals surface area contributed by atoms with Crippen molar-refractivity contribution in [3.63, 3.8) is 0 Å². The van der Waals surface area contributed by atoms with Crippen molar-refractivity contribution in [3.8, 4) is 0 Å². The van der Waals surface area contributed by atoms with Crippen LogP contribution in [0.3, 0.4) is 0 Å². The molecule has 1 N–H and O–H groups in total. The van der Waals surface area contributed by atoms with Gasteiger partial charge in [0.15, 0.2) is 0 Å². The maximum Gasteiger partial charge on any atom is 0.281 e. The summed E-state index contributed by atoms with van der Waals surface area (Å²) in [6, 6.07) is 7.44. The second-order valence-corrected chi connectivity index (χ2v) is 4.88. The summed E-state index contributed by atoms with van der Waals surface area (Å²) in [6.45, 7) is 2.11. The van der Waals surface area contributed by atoms with Gasteiger partial charge in [-0.2, -0.15) is 0 Å². The van der Waals surface area contributed by atoms with Gasteiger partial charge in [0.1, 0.15) is 0 Å². The van der Waals surface area contributed by atoms with E-state index in [9.17, 15) is 10.1 Å². The van der Waals surface area contributed by atoms with Gasteiger partial charge in [-0.1, -0.05) is 13.3 Å². The molecule has 0 amide bonds. The number of fused-ring (bicyclic) bond motifs is 1. The van der Waals surface area contributed by atoms with Crippen LogP contribution >= 0.6 is 0 Å². The maximum absolute atomic E-state index is 11.4. The van der Waals surface area contributed by atoms with Gasteiger partial charge in [0.25, 0.3) is 5.69 Å². The van der Waals surface area contributed by atoms with Gasteiger partial charge in [-0.05, 0) is 44.2 Å². The number of benzene rings is 1. The first-order valence-corrected chi connectivity index (χ1v) is 6.85. The minimum atomic E-state index is -0.294. The van der Waals surface area contributed by atoms with Crippen LogP contribution in [-0.4, -0.2) is 23.0 Å². The first kappa shape index (κ1) is 14.4. The van der Waals surface area contributed by atoms with E-state index in [-0.39, 0.29) is 16.7 Å². The Morgan fingerprint density at radius 2 is 2.20 bits per heavy atom. The van der Waals surface area contributed by atoms with Crippen LogP contribution in [0.25, 0.3) is 10.9 Å². The van der Waals surface area contributed by atoms with E-state index in [0.717, 1.165) is 18.4 Å². The third kappa shape index (κ3) is 2.93. The van der Waals surface area contributed by atoms with Crippen LogP contribution in [-0.2, 0) is 6.42 Å². The van der Waals surface area contributed by atoms with E-state index in [1.165, 1.54) is 0 Å². The first-order valence-electron chi connectivity index (χ1n) is 6.85. The molecule has 5 heteroatoms. The largest absolute Gasteiger partial charge is 0.317 e. The monoisotopic (exact) mass is 273 g/mol. The molecular formula is C15H19N3O2. The Balaban J connectivity index is 2.47. The molecule has 1 aromatic carbocycles. The Bertz CT molecular complexity index is 613. The zero-order chi connectivity index (χ0) is 14.5. The number of aromatic nitrogens is 1. The van der Waals surface area contributed by atoms with E-state index in [2.05, 4.69) is 17.2 Å². The number of likely N-dealkylation sites (N-methyl/N-ethyl adjacent to an activating group) is 1. The molecule has 1 aromatic heterocycles. The summed E-state index contributed by atoms with van der Waals surface area (Å²) >= 11 is 0. The molecule has 0 aliphatic carbocycles. The van der Waals surface area contributed by atoms with E-state index in [1.54, 1.807) is 18.3 Å². The Hall–Kier alpha value is -2.01. The topological polar surface area (TPSA) is 68.1 Å². The second kappa shape index (κ2) is 6.43. The fourth-order valence-electron chi connectivity index (χ4n) is 2.52. The number of nitrogens with zero attached hydrogens (tertiary/aromatic N) is 2. The Kier molecular flexibility index (Phi) is 4.63. The third-order valence-electron chi connectivity index (χ3n) is 3.53.